The summed E-state index contributed by atoms with van der Waals surface area (Å²) in [5, 5.41) is 6.86. The number of imidazole rings is 2. The molecule has 0 aliphatic carbocycles. The van der Waals surface area contributed by atoms with Crippen LogP contribution in [-0.4, -0.2) is 18.8 Å². The van der Waals surface area contributed by atoms with E-state index in [2.05, 4.69) is 92.8 Å². The molecule has 0 saturated heterocycles. The van der Waals surface area contributed by atoms with Gasteiger partial charge in [0, 0.05) is 40.1 Å². The Morgan fingerprint density at radius 1 is 0.611 bits per heavy atom. The molecule has 0 aliphatic rings. The number of aromatic nitrogens is 4. The Hall–Kier alpha value is -4.90. The molecule has 5 heteroatoms. The maximum absolute atomic E-state index is 6.43. The first-order valence-electron chi connectivity index (χ1n) is 12.0. The van der Waals surface area contributed by atoms with Gasteiger partial charge in [0.2, 0.25) is 0 Å². The zero-order valence-electron chi connectivity index (χ0n) is 19.5. The van der Waals surface area contributed by atoms with Crippen molar-refractivity contribution in [2.24, 2.45) is 0 Å². The number of ether oxygens (including phenoxy) is 1. The summed E-state index contributed by atoms with van der Waals surface area (Å²) in [6.45, 7) is 2.03. The second kappa shape index (κ2) is 7.06. The third-order valence-corrected chi connectivity index (χ3v) is 7.07. The second-order valence-electron chi connectivity index (χ2n) is 9.25. The number of fused-ring (bicyclic) bond motifs is 12. The van der Waals surface area contributed by atoms with Crippen LogP contribution < -0.4 is 4.74 Å². The number of aryl methyl sites for hydroxylation is 1. The highest BCUT2D eigenvalue weighted by molar-refractivity contribution is 6.13. The zero-order valence-corrected chi connectivity index (χ0v) is 19.5. The molecular formula is C31H20N4O. The first-order valence-corrected chi connectivity index (χ1v) is 12.0. The van der Waals surface area contributed by atoms with Crippen molar-refractivity contribution >= 4 is 54.6 Å². The van der Waals surface area contributed by atoms with Gasteiger partial charge in [-0.2, -0.15) is 0 Å². The number of rotatable bonds is 2. The normalized spacial score (nSPS) is 12.0. The number of hydrogen-bond acceptors (Lipinski definition) is 3. The van der Waals surface area contributed by atoms with E-state index in [4.69, 9.17) is 9.72 Å². The molecule has 8 aromatic rings. The highest BCUT2D eigenvalue weighted by atomic mass is 16.5. The van der Waals surface area contributed by atoms with Gasteiger partial charge in [-0.25, -0.2) is 9.97 Å². The average molecular weight is 465 g/mol. The van der Waals surface area contributed by atoms with E-state index in [1.807, 2.05) is 31.5 Å². The smallest absolute Gasteiger partial charge is 0.145 e. The predicted octanol–water partition coefficient (Wildman–Crippen LogP) is 7.70. The molecule has 4 heterocycles. The molecule has 4 aromatic heterocycles. The lowest BCUT2D eigenvalue weighted by Crippen LogP contribution is -1.92. The lowest BCUT2D eigenvalue weighted by atomic mass is 10.1. The monoisotopic (exact) mass is 464 g/mol. The molecule has 0 N–H and O–H groups in total. The van der Waals surface area contributed by atoms with Gasteiger partial charge in [-0.05, 0) is 66.2 Å². The maximum Gasteiger partial charge on any atom is 0.145 e. The van der Waals surface area contributed by atoms with Gasteiger partial charge in [-0.1, -0.05) is 36.4 Å². The molecule has 0 amide bonds. The number of nitrogens with zero attached hydrogens (tertiary/aromatic N) is 4. The number of benzene rings is 4. The van der Waals surface area contributed by atoms with Crippen LogP contribution in [0.15, 0.2) is 104 Å². The molecule has 0 fully saturated rings. The van der Waals surface area contributed by atoms with Gasteiger partial charge in [0.05, 0.1) is 16.7 Å². The highest BCUT2D eigenvalue weighted by Gasteiger charge is 2.13. The van der Waals surface area contributed by atoms with Crippen LogP contribution in [0.4, 0.5) is 0 Å². The molecule has 0 radical (unpaired) electrons. The van der Waals surface area contributed by atoms with Gasteiger partial charge >= 0.3 is 0 Å². The Bertz CT molecular complexity index is 2150. The van der Waals surface area contributed by atoms with Crippen molar-refractivity contribution in [3.05, 3.63) is 109 Å². The summed E-state index contributed by atoms with van der Waals surface area (Å²) < 4.78 is 10.7. The van der Waals surface area contributed by atoms with Crippen molar-refractivity contribution < 1.29 is 4.74 Å². The van der Waals surface area contributed by atoms with Crippen LogP contribution >= 0.6 is 0 Å². The number of pyridine rings is 2. The van der Waals surface area contributed by atoms with Gasteiger partial charge in [-0.3, -0.25) is 8.80 Å². The number of hydrogen-bond donors (Lipinski definition) is 0. The van der Waals surface area contributed by atoms with E-state index in [-0.39, 0.29) is 0 Å². The van der Waals surface area contributed by atoms with Crippen LogP contribution in [0.1, 0.15) is 5.69 Å². The van der Waals surface area contributed by atoms with Crippen LogP contribution in [-0.2, 0) is 0 Å². The third kappa shape index (κ3) is 2.65. The van der Waals surface area contributed by atoms with Crippen LogP contribution in [0.2, 0.25) is 0 Å². The molecule has 36 heavy (non-hydrogen) atoms. The molecule has 4 aromatic carbocycles. The number of para-hydroxylation sites is 2. The minimum absolute atomic E-state index is 0.776. The Kier molecular flexibility index (Phi) is 3.80. The van der Waals surface area contributed by atoms with Crippen molar-refractivity contribution in [3.63, 3.8) is 0 Å². The third-order valence-electron chi connectivity index (χ3n) is 7.07. The lowest BCUT2D eigenvalue weighted by Gasteiger charge is -2.12. The average Bonchev–Trinajstić information content (AvgIpc) is 3.56. The first kappa shape index (κ1) is 19.4. The Morgan fingerprint density at radius 2 is 1.22 bits per heavy atom. The zero-order chi connectivity index (χ0) is 23.8. The molecule has 5 nitrogen and oxygen atoms in total. The quantitative estimate of drug-likeness (QED) is 0.246. The van der Waals surface area contributed by atoms with Crippen molar-refractivity contribution in [2.45, 2.75) is 6.92 Å². The summed E-state index contributed by atoms with van der Waals surface area (Å²) in [6, 6.07) is 29.4. The molecule has 0 spiro atoms. The summed E-state index contributed by atoms with van der Waals surface area (Å²) in [5.41, 5.74) is 5.15. The lowest BCUT2D eigenvalue weighted by molar-refractivity contribution is 0.484. The fraction of sp³-hybridized carbons (Fsp3) is 0.0323. The van der Waals surface area contributed by atoms with E-state index < -0.39 is 0 Å². The molecule has 0 bridgehead atoms. The Labute approximate surface area is 205 Å². The molecule has 0 atom stereocenters. The summed E-state index contributed by atoms with van der Waals surface area (Å²) in [5.74, 6) is 1.55. The highest BCUT2D eigenvalue weighted by Crippen LogP contribution is 2.36. The van der Waals surface area contributed by atoms with E-state index in [0.717, 1.165) is 55.7 Å². The van der Waals surface area contributed by atoms with Gasteiger partial charge < -0.3 is 4.74 Å². The topological polar surface area (TPSA) is 43.8 Å². The van der Waals surface area contributed by atoms with Gasteiger partial charge in [0.25, 0.3) is 0 Å². The van der Waals surface area contributed by atoms with E-state index in [1.54, 1.807) is 0 Å². The standard InChI is InChI=1S/C31H20N4O/c1-19-18-35-29-9-5-3-7-25(29)23-13-11-21(17-27(23)31(35)33-19)36-20-10-12-22-24-6-2-4-8-28(24)34-15-14-32-30(34)26(22)16-20/h2-18H,1H3. The molecule has 8 rings (SSSR count). The largest absolute Gasteiger partial charge is 0.457 e. The predicted molar refractivity (Wildman–Crippen MR) is 145 cm³/mol. The summed E-state index contributed by atoms with van der Waals surface area (Å²) in [7, 11) is 0. The maximum atomic E-state index is 6.43. The van der Waals surface area contributed by atoms with Crippen molar-refractivity contribution in [2.75, 3.05) is 0 Å². The fourth-order valence-electron chi connectivity index (χ4n) is 5.54. The molecular weight excluding hydrogens is 444 g/mol. The van der Waals surface area contributed by atoms with E-state index >= 15 is 0 Å². The minimum Gasteiger partial charge on any atom is -0.457 e. The van der Waals surface area contributed by atoms with E-state index in [0.29, 0.717) is 0 Å². The van der Waals surface area contributed by atoms with Crippen LogP contribution in [0.5, 0.6) is 11.5 Å². The second-order valence-corrected chi connectivity index (χ2v) is 9.25. The van der Waals surface area contributed by atoms with Crippen molar-refractivity contribution in [1.82, 2.24) is 18.8 Å². The minimum atomic E-state index is 0.776. The van der Waals surface area contributed by atoms with Gasteiger partial charge in [0.1, 0.15) is 22.8 Å². The van der Waals surface area contributed by atoms with E-state index in [9.17, 15) is 0 Å². The van der Waals surface area contributed by atoms with Crippen molar-refractivity contribution in [1.29, 1.82) is 0 Å². The van der Waals surface area contributed by atoms with Crippen molar-refractivity contribution in [3.8, 4) is 11.5 Å². The molecule has 0 saturated carbocycles. The van der Waals surface area contributed by atoms with Gasteiger partial charge in [-0.15, -0.1) is 0 Å². The SMILES string of the molecule is Cc1cn2c3ccccc3c3ccc(Oc4ccc5c6ccccc6n6ccnc6c5c4)cc3c2n1. The van der Waals surface area contributed by atoms with Gasteiger partial charge in [0.15, 0.2) is 0 Å². The first-order chi connectivity index (χ1) is 17.7. The Morgan fingerprint density at radius 3 is 1.92 bits per heavy atom. The van der Waals surface area contributed by atoms with Crippen LogP contribution in [0, 0.1) is 6.92 Å². The fourth-order valence-corrected chi connectivity index (χ4v) is 5.54. The molecule has 170 valence electrons. The summed E-state index contributed by atoms with van der Waals surface area (Å²) in [6.07, 6.45) is 5.95. The Balaban J connectivity index is 1.32. The molecule has 0 unspecified atom stereocenters. The summed E-state index contributed by atoms with van der Waals surface area (Å²) in [4.78, 5) is 9.48. The van der Waals surface area contributed by atoms with Crippen LogP contribution in [0.3, 0.4) is 0 Å². The van der Waals surface area contributed by atoms with Crippen LogP contribution in [0.25, 0.3) is 54.6 Å². The van der Waals surface area contributed by atoms with E-state index in [1.165, 1.54) is 16.2 Å². The molecule has 0 aliphatic heterocycles. The summed E-state index contributed by atoms with van der Waals surface area (Å²) >= 11 is 0.